The van der Waals surface area contributed by atoms with Crippen LogP contribution in [0.4, 0.5) is 4.39 Å². The Labute approximate surface area is 194 Å². The molecule has 0 radical (unpaired) electrons. The van der Waals surface area contributed by atoms with Crippen molar-refractivity contribution in [1.82, 2.24) is 10.3 Å². The maximum Gasteiger partial charge on any atom is 0.226 e. The van der Waals surface area contributed by atoms with Gasteiger partial charge in [0.25, 0.3) is 0 Å². The van der Waals surface area contributed by atoms with Crippen molar-refractivity contribution in [1.29, 1.82) is 0 Å². The van der Waals surface area contributed by atoms with Gasteiger partial charge in [0.1, 0.15) is 11.6 Å². The van der Waals surface area contributed by atoms with Gasteiger partial charge in [-0.25, -0.2) is 4.39 Å². The van der Waals surface area contributed by atoms with E-state index in [1.54, 1.807) is 25.6 Å². The number of hydrogen-bond acceptors (Lipinski definition) is 4. The molecule has 1 aliphatic heterocycles. The molecule has 1 fully saturated rings. The van der Waals surface area contributed by atoms with Crippen LogP contribution in [0.25, 0.3) is 11.1 Å². The number of hydrogen-bond donors (Lipinski definition) is 1. The van der Waals surface area contributed by atoms with E-state index in [1.807, 2.05) is 36.4 Å². The molecule has 5 nitrogen and oxygen atoms in total. The van der Waals surface area contributed by atoms with Crippen molar-refractivity contribution in [2.45, 2.75) is 25.7 Å². The van der Waals surface area contributed by atoms with E-state index >= 15 is 0 Å². The number of pyridine rings is 1. The van der Waals surface area contributed by atoms with Crippen LogP contribution < -0.4 is 10.1 Å². The Morgan fingerprint density at radius 3 is 2.48 bits per heavy atom. The minimum atomic E-state index is -0.492. The van der Waals surface area contributed by atoms with Gasteiger partial charge in [-0.2, -0.15) is 0 Å². The first-order valence-electron chi connectivity index (χ1n) is 11.3. The summed E-state index contributed by atoms with van der Waals surface area (Å²) in [4.78, 5) is 17.3. The van der Waals surface area contributed by atoms with E-state index in [0.29, 0.717) is 50.3 Å². The molecule has 33 heavy (non-hydrogen) atoms. The fourth-order valence-corrected chi connectivity index (χ4v) is 4.40. The van der Waals surface area contributed by atoms with E-state index < -0.39 is 5.41 Å². The molecule has 2 heterocycles. The van der Waals surface area contributed by atoms with Gasteiger partial charge in [-0.05, 0) is 72.7 Å². The zero-order valence-corrected chi connectivity index (χ0v) is 18.9. The molecule has 0 atom stereocenters. The molecule has 1 amide bonds. The second-order valence-electron chi connectivity index (χ2n) is 8.47. The van der Waals surface area contributed by atoms with Crippen LogP contribution in [-0.4, -0.2) is 37.8 Å². The smallest absolute Gasteiger partial charge is 0.226 e. The summed E-state index contributed by atoms with van der Waals surface area (Å²) < 4.78 is 24.7. The highest BCUT2D eigenvalue weighted by atomic mass is 19.1. The average Bonchev–Trinajstić information content (AvgIpc) is 2.85. The lowest BCUT2D eigenvalue weighted by atomic mass is 9.74. The number of carbonyl (C=O) groups excluding carboxylic acids is 1. The van der Waals surface area contributed by atoms with E-state index in [1.165, 1.54) is 12.1 Å². The van der Waals surface area contributed by atoms with Gasteiger partial charge in [0, 0.05) is 37.7 Å². The predicted molar refractivity (Wildman–Crippen MR) is 126 cm³/mol. The second-order valence-corrected chi connectivity index (χ2v) is 8.47. The zero-order valence-electron chi connectivity index (χ0n) is 18.9. The molecule has 172 valence electrons. The number of carbonyl (C=O) groups is 1. The quantitative estimate of drug-likeness (QED) is 0.547. The lowest BCUT2D eigenvalue weighted by Gasteiger charge is -2.36. The normalized spacial score (nSPS) is 15.1. The molecule has 0 spiro atoms. The highest BCUT2D eigenvalue weighted by molar-refractivity contribution is 5.83. The first-order valence-corrected chi connectivity index (χ1v) is 11.3. The summed E-state index contributed by atoms with van der Waals surface area (Å²) in [5.74, 6) is 0.397. The van der Waals surface area contributed by atoms with Crippen LogP contribution in [0, 0.1) is 11.2 Å². The standard InChI is InChI=1S/C27H29FN2O3/c1-32-25-7-6-23(28)18-24(25)22-4-2-21(3-5-22)19-27(11-16-33-17-12-27)26(31)30-15-10-20-8-13-29-14-9-20/h2-9,13-14,18H,10-12,15-17,19H2,1H3,(H,30,31). The van der Waals surface area contributed by atoms with Gasteiger partial charge >= 0.3 is 0 Å². The zero-order chi connectivity index (χ0) is 23.1. The Hall–Kier alpha value is -3.25. The lowest BCUT2D eigenvalue weighted by molar-refractivity contribution is -0.136. The van der Waals surface area contributed by atoms with Crippen LogP contribution in [0.3, 0.4) is 0 Å². The molecule has 1 aliphatic rings. The van der Waals surface area contributed by atoms with Crippen molar-refractivity contribution in [2.75, 3.05) is 26.9 Å². The van der Waals surface area contributed by atoms with Crippen molar-refractivity contribution >= 4 is 5.91 Å². The highest BCUT2D eigenvalue weighted by Crippen LogP contribution is 2.36. The number of benzene rings is 2. The van der Waals surface area contributed by atoms with Crippen LogP contribution in [0.5, 0.6) is 5.75 Å². The second kappa shape index (κ2) is 10.6. The maximum absolute atomic E-state index is 13.8. The first kappa shape index (κ1) is 22.9. The molecule has 0 saturated carbocycles. The van der Waals surface area contributed by atoms with E-state index in [9.17, 15) is 9.18 Å². The number of methoxy groups -OCH3 is 1. The van der Waals surface area contributed by atoms with E-state index in [-0.39, 0.29) is 11.7 Å². The molecule has 6 heteroatoms. The van der Waals surface area contributed by atoms with Crippen LogP contribution in [-0.2, 0) is 22.4 Å². The van der Waals surface area contributed by atoms with Gasteiger partial charge < -0.3 is 14.8 Å². The van der Waals surface area contributed by atoms with Crippen LogP contribution in [0.2, 0.25) is 0 Å². The topological polar surface area (TPSA) is 60.5 Å². The Morgan fingerprint density at radius 1 is 1.06 bits per heavy atom. The third kappa shape index (κ3) is 5.57. The Kier molecular flexibility index (Phi) is 7.35. The van der Waals surface area contributed by atoms with Crippen molar-refractivity contribution in [3.05, 3.63) is 83.9 Å². The van der Waals surface area contributed by atoms with Gasteiger partial charge in [0.05, 0.1) is 12.5 Å². The largest absolute Gasteiger partial charge is 0.496 e. The molecule has 1 N–H and O–H groups in total. The fourth-order valence-electron chi connectivity index (χ4n) is 4.40. The van der Waals surface area contributed by atoms with Gasteiger partial charge in [-0.1, -0.05) is 24.3 Å². The van der Waals surface area contributed by atoms with Crippen LogP contribution in [0.1, 0.15) is 24.0 Å². The number of ether oxygens (including phenoxy) is 2. The monoisotopic (exact) mass is 448 g/mol. The molecule has 3 aromatic rings. The van der Waals surface area contributed by atoms with Gasteiger partial charge in [0.2, 0.25) is 5.91 Å². The Balaban J connectivity index is 1.47. The number of amides is 1. The number of aromatic nitrogens is 1. The van der Waals surface area contributed by atoms with E-state index in [4.69, 9.17) is 9.47 Å². The fraction of sp³-hybridized carbons (Fsp3) is 0.333. The van der Waals surface area contributed by atoms with Gasteiger partial charge in [-0.15, -0.1) is 0 Å². The van der Waals surface area contributed by atoms with Crippen molar-refractivity contribution in [2.24, 2.45) is 5.41 Å². The first-order chi connectivity index (χ1) is 16.1. The summed E-state index contributed by atoms with van der Waals surface area (Å²) in [6, 6.07) is 16.4. The highest BCUT2D eigenvalue weighted by Gasteiger charge is 2.39. The van der Waals surface area contributed by atoms with Crippen molar-refractivity contribution < 1.29 is 18.7 Å². The Morgan fingerprint density at radius 2 is 1.79 bits per heavy atom. The summed E-state index contributed by atoms with van der Waals surface area (Å²) >= 11 is 0. The van der Waals surface area contributed by atoms with Crippen molar-refractivity contribution in [3.63, 3.8) is 0 Å². The molecule has 1 aromatic heterocycles. The van der Waals surface area contributed by atoms with Crippen molar-refractivity contribution in [3.8, 4) is 16.9 Å². The third-order valence-electron chi connectivity index (χ3n) is 6.35. The van der Waals surface area contributed by atoms with Gasteiger partial charge in [-0.3, -0.25) is 9.78 Å². The SMILES string of the molecule is COc1ccc(F)cc1-c1ccc(CC2(C(=O)NCCc3ccncc3)CCOCC2)cc1. The average molecular weight is 449 g/mol. The maximum atomic E-state index is 13.8. The minimum absolute atomic E-state index is 0.0794. The van der Waals surface area contributed by atoms with Crippen LogP contribution >= 0.6 is 0 Å². The number of nitrogens with zero attached hydrogens (tertiary/aromatic N) is 1. The summed E-state index contributed by atoms with van der Waals surface area (Å²) in [5.41, 5.74) is 3.31. The van der Waals surface area contributed by atoms with E-state index in [2.05, 4.69) is 10.3 Å². The summed E-state index contributed by atoms with van der Waals surface area (Å²) in [6.07, 6.45) is 6.31. The minimum Gasteiger partial charge on any atom is -0.496 e. The molecular weight excluding hydrogens is 419 g/mol. The van der Waals surface area contributed by atoms with Gasteiger partial charge in [0.15, 0.2) is 0 Å². The molecule has 0 aliphatic carbocycles. The summed E-state index contributed by atoms with van der Waals surface area (Å²) in [7, 11) is 1.58. The third-order valence-corrected chi connectivity index (χ3v) is 6.35. The molecule has 2 aromatic carbocycles. The summed E-state index contributed by atoms with van der Waals surface area (Å²) in [5, 5.41) is 3.15. The van der Waals surface area contributed by atoms with E-state index in [0.717, 1.165) is 23.1 Å². The molecule has 0 bridgehead atoms. The lowest BCUT2D eigenvalue weighted by Crippen LogP contribution is -2.46. The summed E-state index contributed by atoms with van der Waals surface area (Å²) in [6.45, 7) is 1.75. The van der Waals surface area contributed by atoms with Crippen LogP contribution in [0.15, 0.2) is 67.0 Å². The number of rotatable bonds is 8. The predicted octanol–water partition coefficient (Wildman–Crippen LogP) is 4.59. The molecule has 1 saturated heterocycles. The molecule has 0 unspecified atom stereocenters. The molecule has 4 rings (SSSR count). The molecular formula is C27H29FN2O3. The number of halogens is 1. The number of nitrogens with one attached hydrogen (secondary N) is 1. The Bertz CT molecular complexity index is 1060.